The van der Waals surface area contributed by atoms with Crippen LogP contribution in [0.1, 0.15) is 27.2 Å². The molecule has 0 unspecified atom stereocenters. The number of hydrogen-bond acceptors (Lipinski definition) is 7. The number of likely N-dealkylation sites (tertiary alicyclic amines) is 1. The highest BCUT2D eigenvalue weighted by Crippen LogP contribution is 2.42. The molecule has 8 nitrogen and oxygen atoms in total. The number of hydrogen-bond donors (Lipinski definition) is 1. The van der Waals surface area contributed by atoms with E-state index < -0.39 is 11.4 Å². The predicted molar refractivity (Wildman–Crippen MR) is 125 cm³/mol. The van der Waals surface area contributed by atoms with Gasteiger partial charge in [0.1, 0.15) is 29.1 Å². The molecule has 0 bridgehead atoms. The van der Waals surface area contributed by atoms with Crippen LogP contribution in [0.15, 0.2) is 36.7 Å². The van der Waals surface area contributed by atoms with Gasteiger partial charge in [-0.3, -0.25) is 4.90 Å². The summed E-state index contributed by atoms with van der Waals surface area (Å²) in [6.45, 7) is 7.64. The van der Waals surface area contributed by atoms with Crippen LogP contribution in [-0.4, -0.2) is 56.7 Å². The highest BCUT2D eigenvalue weighted by molar-refractivity contribution is 6.30. The van der Waals surface area contributed by atoms with Crippen molar-refractivity contribution in [3.63, 3.8) is 0 Å². The van der Waals surface area contributed by atoms with Gasteiger partial charge in [0.25, 0.3) is 0 Å². The summed E-state index contributed by atoms with van der Waals surface area (Å²) >= 11 is 6.01. The van der Waals surface area contributed by atoms with Gasteiger partial charge in [-0.15, -0.1) is 0 Å². The van der Waals surface area contributed by atoms with Crippen LogP contribution in [0.2, 0.25) is 5.02 Å². The van der Waals surface area contributed by atoms with Gasteiger partial charge in [0.15, 0.2) is 5.82 Å². The number of rotatable bonds is 3. The Labute approximate surface area is 195 Å². The number of ether oxygens (including phenoxy) is 1. The standard InChI is InChI=1S/C23H24ClFN6O2/c1-22(2,3)33-21(32)31-9-8-23(31)11-30(12-23)18-7-6-16-19(29-18)20(27-13-26-16)28-17-10-14(24)4-5-15(17)25/h4-7,10,13H,8-9,11-12H2,1-3H3,(H,26,27,28). The molecule has 0 saturated carbocycles. The van der Waals surface area contributed by atoms with Crippen molar-refractivity contribution in [3.8, 4) is 0 Å². The Morgan fingerprint density at radius 2 is 2.00 bits per heavy atom. The maximum Gasteiger partial charge on any atom is 0.410 e. The van der Waals surface area contributed by atoms with Crippen molar-refractivity contribution in [1.82, 2.24) is 19.9 Å². The molecule has 10 heteroatoms. The van der Waals surface area contributed by atoms with Crippen LogP contribution in [0.3, 0.4) is 0 Å². The normalized spacial score (nSPS) is 17.0. The molecule has 0 aliphatic carbocycles. The molecular formula is C23H24ClFN6O2. The first-order chi connectivity index (χ1) is 15.6. The van der Waals surface area contributed by atoms with E-state index in [1.165, 1.54) is 24.5 Å². The van der Waals surface area contributed by atoms with Crippen molar-refractivity contribution in [2.75, 3.05) is 29.9 Å². The number of fused-ring (bicyclic) bond motifs is 1. The number of nitrogens with zero attached hydrogens (tertiary/aromatic N) is 5. The van der Waals surface area contributed by atoms with Crippen molar-refractivity contribution in [3.05, 3.63) is 47.5 Å². The van der Waals surface area contributed by atoms with Crippen LogP contribution < -0.4 is 10.2 Å². The molecule has 172 valence electrons. The topological polar surface area (TPSA) is 83.5 Å². The lowest BCUT2D eigenvalue weighted by Crippen LogP contribution is -2.78. The van der Waals surface area contributed by atoms with Crippen molar-refractivity contribution < 1.29 is 13.9 Å². The SMILES string of the molecule is CC(C)(C)OC(=O)N1CCC12CN(c1ccc3ncnc(Nc4cc(Cl)ccc4F)c3n1)C2. The van der Waals surface area contributed by atoms with E-state index in [1.54, 1.807) is 0 Å². The number of carbonyl (C=O) groups excluding carboxylic acids is 1. The van der Waals surface area contributed by atoms with Crippen LogP contribution in [-0.2, 0) is 4.74 Å². The molecule has 1 aromatic carbocycles. The van der Waals surface area contributed by atoms with E-state index >= 15 is 0 Å². The first-order valence-electron chi connectivity index (χ1n) is 10.7. The number of anilines is 3. The Balaban J connectivity index is 1.36. The lowest BCUT2D eigenvalue weighted by Gasteiger charge is -2.62. The highest BCUT2D eigenvalue weighted by Gasteiger charge is 2.56. The van der Waals surface area contributed by atoms with E-state index in [4.69, 9.17) is 21.3 Å². The molecule has 1 amide bonds. The second-order valence-electron chi connectivity index (χ2n) is 9.47. The molecule has 3 aromatic rings. The summed E-state index contributed by atoms with van der Waals surface area (Å²) in [5.41, 5.74) is 0.626. The minimum absolute atomic E-state index is 0.208. The number of pyridine rings is 1. The van der Waals surface area contributed by atoms with Gasteiger partial charge < -0.3 is 15.0 Å². The fourth-order valence-corrected chi connectivity index (χ4v) is 4.39. The number of nitrogens with one attached hydrogen (secondary N) is 1. The van der Waals surface area contributed by atoms with Crippen molar-refractivity contribution in [2.24, 2.45) is 0 Å². The van der Waals surface area contributed by atoms with Crippen LogP contribution >= 0.6 is 11.6 Å². The number of amides is 1. The Bertz CT molecular complexity index is 1240. The van der Waals surface area contributed by atoms with Crippen molar-refractivity contribution in [2.45, 2.75) is 38.3 Å². The van der Waals surface area contributed by atoms with Gasteiger partial charge in [-0.1, -0.05) is 11.6 Å². The summed E-state index contributed by atoms with van der Waals surface area (Å²) in [7, 11) is 0. The van der Waals surface area contributed by atoms with E-state index in [1.807, 2.05) is 37.8 Å². The van der Waals surface area contributed by atoms with Gasteiger partial charge in [0, 0.05) is 24.7 Å². The minimum Gasteiger partial charge on any atom is -0.444 e. The predicted octanol–water partition coefficient (Wildman–Crippen LogP) is 4.76. The average molecular weight is 471 g/mol. The van der Waals surface area contributed by atoms with E-state index in [0.29, 0.717) is 41.5 Å². The molecule has 5 rings (SSSR count). The van der Waals surface area contributed by atoms with Gasteiger partial charge in [-0.05, 0) is 57.5 Å². The van der Waals surface area contributed by atoms with Crippen LogP contribution in [0.4, 0.5) is 26.5 Å². The fourth-order valence-electron chi connectivity index (χ4n) is 4.22. The van der Waals surface area contributed by atoms with Crippen molar-refractivity contribution in [1.29, 1.82) is 0 Å². The molecule has 1 spiro atoms. The van der Waals surface area contributed by atoms with Crippen LogP contribution in [0.5, 0.6) is 0 Å². The van der Waals surface area contributed by atoms with Gasteiger partial charge in [-0.2, -0.15) is 0 Å². The maximum atomic E-state index is 14.2. The fraction of sp³-hybridized carbons (Fsp3) is 0.391. The summed E-state index contributed by atoms with van der Waals surface area (Å²) in [4.78, 5) is 29.7. The second-order valence-corrected chi connectivity index (χ2v) is 9.91. The largest absolute Gasteiger partial charge is 0.444 e. The first-order valence-corrected chi connectivity index (χ1v) is 11.1. The van der Waals surface area contributed by atoms with E-state index in [2.05, 4.69) is 20.2 Å². The molecule has 2 aliphatic heterocycles. The lowest BCUT2D eigenvalue weighted by molar-refractivity contribution is -0.0562. The molecule has 2 fully saturated rings. The smallest absolute Gasteiger partial charge is 0.410 e. The van der Waals surface area contributed by atoms with Gasteiger partial charge in [0.05, 0.1) is 16.7 Å². The van der Waals surface area contributed by atoms with Gasteiger partial charge in [0.2, 0.25) is 0 Å². The third kappa shape index (κ3) is 4.01. The Morgan fingerprint density at radius 3 is 2.70 bits per heavy atom. The quantitative estimate of drug-likeness (QED) is 0.590. The second kappa shape index (κ2) is 7.69. The molecule has 4 heterocycles. The number of aromatic nitrogens is 3. The zero-order chi connectivity index (χ0) is 23.4. The van der Waals surface area contributed by atoms with Gasteiger partial charge in [-0.25, -0.2) is 24.1 Å². The van der Waals surface area contributed by atoms with Gasteiger partial charge >= 0.3 is 6.09 Å². The average Bonchev–Trinajstić information content (AvgIpc) is 2.68. The van der Waals surface area contributed by atoms with Crippen LogP contribution in [0, 0.1) is 5.82 Å². The Hall–Kier alpha value is -3.20. The number of carbonyl (C=O) groups is 1. The third-order valence-electron chi connectivity index (χ3n) is 5.93. The zero-order valence-corrected chi connectivity index (χ0v) is 19.4. The van der Waals surface area contributed by atoms with Crippen LogP contribution in [0.25, 0.3) is 11.0 Å². The molecule has 2 aliphatic rings. The minimum atomic E-state index is -0.525. The summed E-state index contributed by atoms with van der Waals surface area (Å²) in [6, 6.07) is 8.02. The first kappa shape index (κ1) is 21.6. The molecule has 1 N–H and O–H groups in total. The Morgan fingerprint density at radius 1 is 1.21 bits per heavy atom. The summed E-state index contributed by atoms with van der Waals surface area (Å²) in [5, 5.41) is 3.39. The molecule has 2 aromatic heterocycles. The number of benzene rings is 1. The maximum absolute atomic E-state index is 14.2. The van der Waals surface area contributed by atoms with E-state index in [9.17, 15) is 9.18 Å². The van der Waals surface area contributed by atoms with E-state index in [-0.39, 0.29) is 17.3 Å². The van der Waals surface area contributed by atoms with Crippen molar-refractivity contribution >= 4 is 46.1 Å². The summed E-state index contributed by atoms with van der Waals surface area (Å²) in [5.74, 6) is 0.685. The summed E-state index contributed by atoms with van der Waals surface area (Å²) < 4.78 is 19.8. The molecule has 0 radical (unpaired) electrons. The molecule has 2 saturated heterocycles. The summed E-state index contributed by atoms with van der Waals surface area (Å²) in [6.07, 6.45) is 2.06. The molecule has 0 atom stereocenters. The van der Waals surface area contributed by atoms with E-state index in [0.717, 1.165) is 12.2 Å². The molecular weight excluding hydrogens is 447 g/mol. The zero-order valence-electron chi connectivity index (χ0n) is 18.6. The monoisotopic (exact) mass is 470 g/mol. The molecule has 33 heavy (non-hydrogen) atoms. The number of halogens is 2. The lowest BCUT2D eigenvalue weighted by atomic mass is 9.78. The highest BCUT2D eigenvalue weighted by atomic mass is 35.5. The Kier molecular flexibility index (Phi) is 5.04. The third-order valence-corrected chi connectivity index (χ3v) is 6.17.